The zero-order valence-electron chi connectivity index (χ0n) is 14.1. The third-order valence-electron chi connectivity index (χ3n) is 3.91. The molecule has 1 aromatic carbocycles. The predicted molar refractivity (Wildman–Crippen MR) is 92.0 cm³/mol. The highest BCUT2D eigenvalue weighted by atomic mass is 32.2. The number of hydrogen-bond donors (Lipinski definition) is 4. The highest BCUT2D eigenvalue weighted by molar-refractivity contribution is 8.12. The number of carbonyl (C=O) groups excluding carboxylic acids is 2. The van der Waals surface area contributed by atoms with E-state index in [9.17, 15) is 24.9 Å². The summed E-state index contributed by atoms with van der Waals surface area (Å²) in [5.74, 6) is -0.148. The molecule has 5 atom stereocenters. The molecule has 0 aromatic heterocycles. The lowest BCUT2D eigenvalue weighted by molar-refractivity contribution is -0.292. The second-order valence-electron chi connectivity index (χ2n) is 5.96. The van der Waals surface area contributed by atoms with Crippen molar-refractivity contribution in [2.45, 2.75) is 49.8 Å². The van der Waals surface area contributed by atoms with Gasteiger partial charge in [-0.15, -0.1) is 0 Å². The molecule has 0 aliphatic carbocycles. The number of ether oxygens (including phenoxy) is 2. The first kappa shape index (κ1) is 20.8. The molecule has 0 spiro atoms. The number of benzene rings is 1. The van der Waals surface area contributed by atoms with Crippen LogP contribution in [0.2, 0.25) is 0 Å². The number of aliphatic hydroxyl groups is 4. The Morgan fingerprint density at radius 2 is 1.69 bits per heavy atom. The van der Waals surface area contributed by atoms with Crippen LogP contribution in [0.3, 0.4) is 0 Å². The number of aliphatic hydroxyl groups excluding tert-OH is 4. The summed E-state index contributed by atoms with van der Waals surface area (Å²) in [7, 11) is 0. The smallest absolute Gasteiger partial charge is 0.312 e. The van der Waals surface area contributed by atoms with Crippen LogP contribution >= 0.6 is 11.8 Å². The lowest BCUT2D eigenvalue weighted by atomic mass is 9.99. The summed E-state index contributed by atoms with van der Waals surface area (Å²) >= 11 is 1.19. The first-order chi connectivity index (χ1) is 12.3. The molecule has 9 heteroatoms. The van der Waals surface area contributed by atoms with E-state index in [-0.39, 0.29) is 11.5 Å². The normalized spacial score (nSPS) is 28.6. The van der Waals surface area contributed by atoms with Crippen LogP contribution in [0.1, 0.15) is 18.1 Å². The molecule has 0 radical (unpaired) electrons. The van der Waals surface area contributed by atoms with Crippen LogP contribution in [0.4, 0.5) is 0 Å². The van der Waals surface area contributed by atoms with E-state index in [0.29, 0.717) is 11.3 Å². The minimum atomic E-state index is -1.62. The fraction of sp³-hybridized carbons (Fsp3) is 0.529. The molecule has 144 valence electrons. The summed E-state index contributed by atoms with van der Waals surface area (Å²) in [6.07, 6.45) is -7.44. The molecular formula is C17H22O8S. The summed E-state index contributed by atoms with van der Waals surface area (Å²) in [5, 5.41) is 38.4. The van der Waals surface area contributed by atoms with Gasteiger partial charge < -0.3 is 29.9 Å². The van der Waals surface area contributed by atoms with Gasteiger partial charge in [0.1, 0.15) is 24.4 Å². The molecule has 5 unspecified atom stereocenters. The maximum atomic E-state index is 12.0. The average Bonchev–Trinajstić information content (AvgIpc) is 2.61. The lowest BCUT2D eigenvalue weighted by Crippen LogP contribution is -2.59. The molecule has 0 amide bonds. The van der Waals surface area contributed by atoms with Crippen molar-refractivity contribution in [1.29, 1.82) is 0 Å². The van der Waals surface area contributed by atoms with Crippen molar-refractivity contribution >= 4 is 22.8 Å². The molecule has 4 N–H and O–H groups in total. The molecule has 0 bridgehead atoms. The highest BCUT2D eigenvalue weighted by Crippen LogP contribution is 2.22. The fourth-order valence-corrected chi connectivity index (χ4v) is 3.00. The number of rotatable bonds is 6. The maximum Gasteiger partial charge on any atom is 0.312 e. The molecule has 2 rings (SSSR count). The van der Waals surface area contributed by atoms with Crippen molar-refractivity contribution in [1.82, 2.24) is 0 Å². The Labute approximate surface area is 154 Å². The van der Waals surface area contributed by atoms with Gasteiger partial charge in [0.2, 0.25) is 6.29 Å². The van der Waals surface area contributed by atoms with Crippen molar-refractivity contribution in [3.8, 4) is 0 Å². The molecule has 26 heavy (non-hydrogen) atoms. The van der Waals surface area contributed by atoms with Gasteiger partial charge in [-0.2, -0.15) is 0 Å². The first-order valence-electron chi connectivity index (χ1n) is 8.03. The zero-order chi connectivity index (χ0) is 19.3. The lowest BCUT2D eigenvalue weighted by Gasteiger charge is -2.39. The standard InChI is InChI=1S/C17H22O8S/c1-9(19)26-8-11-4-2-10(3-5-11)6-13(20)25-17-16(23)15(22)14(21)12(7-18)24-17/h2-5,12,14-18,21-23H,6-8H2,1H3. The maximum absolute atomic E-state index is 12.0. The summed E-state index contributed by atoms with van der Waals surface area (Å²) < 4.78 is 10.2. The van der Waals surface area contributed by atoms with Gasteiger partial charge in [0, 0.05) is 12.7 Å². The monoisotopic (exact) mass is 386 g/mol. The minimum absolute atomic E-state index is 0.0252. The molecule has 1 heterocycles. The summed E-state index contributed by atoms with van der Waals surface area (Å²) in [4.78, 5) is 23.0. The second kappa shape index (κ2) is 9.45. The largest absolute Gasteiger partial charge is 0.432 e. The van der Waals surface area contributed by atoms with Crippen molar-refractivity contribution in [3.05, 3.63) is 35.4 Å². The van der Waals surface area contributed by atoms with Crippen LogP contribution in [-0.4, -0.2) is 68.8 Å². The third kappa shape index (κ3) is 5.50. The molecule has 1 aromatic rings. The number of esters is 1. The van der Waals surface area contributed by atoms with E-state index in [1.165, 1.54) is 18.7 Å². The van der Waals surface area contributed by atoms with Gasteiger partial charge in [0.05, 0.1) is 13.0 Å². The van der Waals surface area contributed by atoms with Gasteiger partial charge in [-0.05, 0) is 11.1 Å². The van der Waals surface area contributed by atoms with Crippen molar-refractivity contribution in [2.24, 2.45) is 0 Å². The van der Waals surface area contributed by atoms with Gasteiger partial charge in [-0.25, -0.2) is 0 Å². The van der Waals surface area contributed by atoms with Crippen LogP contribution in [-0.2, 0) is 31.2 Å². The number of carbonyl (C=O) groups is 2. The third-order valence-corrected chi connectivity index (χ3v) is 4.79. The molecule has 1 aliphatic rings. The Hall–Kier alpha value is -1.49. The quantitative estimate of drug-likeness (QED) is 0.471. The summed E-state index contributed by atoms with van der Waals surface area (Å²) in [6.45, 7) is 0.896. The van der Waals surface area contributed by atoms with E-state index in [1.54, 1.807) is 24.3 Å². The van der Waals surface area contributed by atoms with E-state index >= 15 is 0 Å². The van der Waals surface area contributed by atoms with Gasteiger partial charge in [0.15, 0.2) is 5.12 Å². The Kier molecular flexibility index (Phi) is 7.56. The van der Waals surface area contributed by atoms with Crippen LogP contribution in [0.25, 0.3) is 0 Å². The van der Waals surface area contributed by atoms with Crippen LogP contribution in [0.5, 0.6) is 0 Å². The molecule has 8 nitrogen and oxygen atoms in total. The van der Waals surface area contributed by atoms with Crippen LogP contribution < -0.4 is 0 Å². The first-order valence-corrected chi connectivity index (χ1v) is 9.01. The van der Waals surface area contributed by atoms with Crippen molar-refractivity contribution in [2.75, 3.05) is 6.61 Å². The van der Waals surface area contributed by atoms with Gasteiger partial charge in [0.25, 0.3) is 0 Å². The Balaban J connectivity index is 1.90. The zero-order valence-corrected chi connectivity index (χ0v) is 15.0. The Morgan fingerprint density at radius 1 is 1.08 bits per heavy atom. The topological polar surface area (TPSA) is 134 Å². The van der Waals surface area contributed by atoms with Crippen LogP contribution in [0.15, 0.2) is 24.3 Å². The number of thioether (sulfide) groups is 1. The Morgan fingerprint density at radius 3 is 2.27 bits per heavy atom. The van der Waals surface area contributed by atoms with Gasteiger partial charge >= 0.3 is 5.97 Å². The van der Waals surface area contributed by atoms with E-state index < -0.39 is 43.3 Å². The van der Waals surface area contributed by atoms with E-state index in [0.717, 1.165) is 5.56 Å². The van der Waals surface area contributed by atoms with Crippen molar-refractivity contribution in [3.63, 3.8) is 0 Å². The van der Waals surface area contributed by atoms with Gasteiger partial charge in [-0.1, -0.05) is 36.0 Å². The summed E-state index contributed by atoms with van der Waals surface area (Å²) in [6, 6.07) is 7.05. The SMILES string of the molecule is CC(=O)SCc1ccc(CC(=O)OC2OC(CO)C(O)C(O)C2O)cc1. The van der Waals surface area contributed by atoms with E-state index in [1.807, 2.05) is 0 Å². The Bertz CT molecular complexity index is 618. The molecule has 0 saturated carbocycles. The minimum Gasteiger partial charge on any atom is -0.432 e. The molecule has 1 aliphatic heterocycles. The fourth-order valence-electron chi connectivity index (χ4n) is 2.44. The van der Waals surface area contributed by atoms with Crippen LogP contribution in [0, 0.1) is 0 Å². The van der Waals surface area contributed by atoms with E-state index in [2.05, 4.69) is 0 Å². The second-order valence-corrected chi connectivity index (χ2v) is 7.11. The summed E-state index contributed by atoms with van der Waals surface area (Å²) in [5.41, 5.74) is 1.60. The average molecular weight is 386 g/mol. The highest BCUT2D eigenvalue weighted by Gasteiger charge is 2.45. The molecular weight excluding hydrogens is 364 g/mol. The van der Waals surface area contributed by atoms with E-state index in [4.69, 9.17) is 14.6 Å². The van der Waals surface area contributed by atoms with Crippen molar-refractivity contribution < 1.29 is 39.5 Å². The number of hydrogen-bond acceptors (Lipinski definition) is 9. The molecule has 1 saturated heterocycles. The predicted octanol–water partition coefficient (Wildman–Crippen LogP) is -0.648. The van der Waals surface area contributed by atoms with Gasteiger partial charge in [-0.3, -0.25) is 9.59 Å². The molecule has 1 fully saturated rings.